The average molecular weight is 591 g/mol. The van der Waals surface area contributed by atoms with E-state index in [9.17, 15) is 19.5 Å². The number of hydrogen-bond donors (Lipinski definition) is 1. The number of hydrogen-bond acceptors (Lipinski definition) is 4. The van der Waals surface area contributed by atoms with E-state index in [1.807, 2.05) is 0 Å². The highest BCUT2D eigenvalue weighted by atomic mass is 35.5. The molecule has 6 nitrogen and oxygen atoms in total. The molecule has 0 saturated heterocycles. The van der Waals surface area contributed by atoms with Gasteiger partial charge in [-0.1, -0.05) is 76.7 Å². The van der Waals surface area contributed by atoms with Crippen molar-refractivity contribution in [1.29, 1.82) is 0 Å². The van der Waals surface area contributed by atoms with E-state index in [1.165, 1.54) is 24.3 Å². The minimum atomic E-state index is -1.37. The molecule has 0 unspecified atom stereocenters. The quantitative estimate of drug-likeness (QED) is 0.203. The maximum Gasteiger partial charge on any atom is 0.326 e. The van der Waals surface area contributed by atoms with Crippen LogP contribution < -0.4 is 0 Å². The molecule has 38 heavy (non-hydrogen) atoms. The first-order valence-electron chi connectivity index (χ1n) is 11.2. The fourth-order valence-electron chi connectivity index (χ4n) is 3.86. The molecule has 0 saturated carbocycles. The largest absolute Gasteiger partial charge is 0.480 e. The van der Waals surface area contributed by atoms with E-state index in [1.54, 1.807) is 54.6 Å². The Hall–Kier alpha value is -3.29. The van der Waals surface area contributed by atoms with Gasteiger partial charge in [-0.15, -0.1) is 0 Å². The third-order valence-electron chi connectivity index (χ3n) is 5.75. The Balaban J connectivity index is 1.68. The van der Waals surface area contributed by atoms with E-state index in [0.29, 0.717) is 32.0 Å². The average Bonchev–Trinajstić information content (AvgIpc) is 3.36. The van der Waals surface area contributed by atoms with Crippen molar-refractivity contribution >= 4 is 64.1 Å². The van der Waals surface area contributed by atoms with Crippen molar-refractivity contribution < 1.29 is 23.9 Å². The van der Waals surface area contributed by atoms with Gasteiger partial charge < -0.3 is 14.4 Å². The van der Waals surface area contributed by atoms with Crippen molar-refractivity contribution in [1.82, 2.24) is 4.90 Å². The zero-order valence-corrected chi connectivity index (χ0v) is 22.6. The van der Waals surface area contributed by atoms with Gasteiger partial charge in [0.15, 0.2) is 5.76 Å². The molecule has 0 aliphatic rings. The summed E-state index contributed by atoms with van der Waals surface area (Å²) >= 11 is 24.4. The Bertz CT molecular complexity index is 1500. The van der Waals surface area contributed by atoms with Crippen molar-refractivity contribution in [3.05, 3.63) is 116 Å². The smallest absolute Gasteiger partial charge is 0.326 e. The molecular weight excluding hydrogens is 572 g/mol. The minimum Gasteiger partial charge on any atom is -0.480 e. The molecule has 0 aliphatic carbocycles. The lowest BCUT2D eigenvalue weighted by atomic mass is 10.0. The van der Waals surface area contributed by atoms with Crippen LogP contribution in [0.3, 0.4) is 0 Å². The fourth-order valence-corrected chi connectivity index (χ4v) is 4.85. The van der Waals surface area contributed by atoms with Crippen LogP contribution in [0.1, 0.15) is 26.5 Å². The highest BCUT2D eigenvalue weighted by Crippen LogP contribution is 2.32. The van der Waals surface area contributed by atoms with Crippen LogP contribution >= 0.6 is 46.4 Å². The number of carboxylic acid groups (broad SMARTS) is 1. The first kappa shape index (κ1) is 27.7. The molecule has 0 fully saturated rings. The van der Waals surface area contributed by atoms with Crippen LogP contribution in [0.5, 0.6) is 0 Å². The van der Waals surface area contributed by atoms with E-state index in [-0.39, 0.29) is 22.8 Å². The van der Waals surface area contributed by atoms with Crippen molar-refractivity contribution in [3.63, 3.8) is 0 Å². The van der Waals surface area contributed by atoms with E-state index in [4.69, 9.17) is 50.8 Å². The zero-order valence-electron chi connectivity index (χ0n) is 19.5. The summed E-state index contributed by atoms with van der Waals surface area (Å²) < 4.78 is 5.73. The van der Waals surface area contributed by atoms with Gasteiger partial charge in [0.2, 0.25) is 5.78 Å². The second-order valence-electron chi connectivity index (χ2n) is 8.31. The Labute approximate surface area is 238 Å². The standard InChI is InChI=1S/C28H19Cl4NO5/c29-17-6-8-19(21(31)13-17)25-10-11-26(38-25)24(34)15-33(27(35)20-9-7-18(30)14-22(20)32)23(28(36)37)12-16-4-2-1-3-5-16/h1-11,13-14,23H,12,15H2,(H,36,37)/t23-/m0/s1. The predicted octanol–water partition coefficient (Wildman–Crippen LogP) is 7.58. The number of amides is 1. The number of halogens is 4. The Morgan fingerprint density at radius 1 is 0.816 bits per heavy atom. The number of furan rings is 1. The number of nitrogens with zero attached hydrogens (tertiary/aromatic N) is 1. The summed E-state index contributed by atoms with van der Waals surface area (Å²) in [7, 11) is 0. The summed E-state index contributed by atoms with van der Waals surface area (Å²) in [5.41, 5.74) is 1.20. The molecule has 4 aromatic rings. The molecule has 10 heteroatoms. The van der Waals surface area contributed by atoms with E-state index in [0.717, 1.165) is 4.90 Å². The summed E-state index contributed by atoms with van der Waals surface area (Å²) in [6, 6.07) is 19.5. The first-order valence-corrected chi connectivity index (χ1v) is 12.8. The molecule has 0 radical (unpaired) electrons. The molecule has 0 spiro atoms. The van der Waals surface area contributed by atoms with Gasteiger partial charge in [-0.05, 0) is 54.1 Å². The number of carbonyl (C=O) groups excluding carboxylic acids is 2. The maximum absolute atomic E-state index is 13.6. The van der Waals surface area contributed by atoms with Gasteiger partial charge in [0, 0.05) is 22.0 Å². The van der Waals surface area contributed by atoms with Gasteiger partial charge in [-0.3, -0.25) is 9.59 Å². The van der Waals surface area contributed by atoms with Crippen LogP contribution in [-0.4, -0.2) is 40.3 Å². The molecule has 0 bridgehead atoms. The summed E-state index contributed by atoms with van der Waals surface area (Å²) in [6.07, 6.45) is -0.0375. The van der Waals surface area contributed by atoms with Gasteiger partial charge in [0.25, 0.3) is 5.91 Å². The number of aliphatic carboxylic acids is 1. The van der Waals surface area contributed by atoms with E-state index < -0.39 is 30.2 Å². The Morgan fingerprint density at radius 3 is 2.11 bits per heavy atom. The van der Waals surface area contributed by atoms with Crippen molar-refractivity contribution in [2.45, 2.75) is 12.5 Å². The predicted molar refractivity (Wildman–Crippen MR) is 148 cm³/mol. The van der Waals surface area contributed by atoms with Crippen LogP contribution in [0.2, 0.25) is 20.1 Å². The number of rotatable bonds is 9. The summed E-state index contributed by atoms with van der Waals surface area (Å²) in [4.78, 5) is 40.3. The number of Topliss-reactive ketones (excluding diaryl/α,β-unsaturated/α-hetero) is 1. The lowest BCUT2D eigenvalue weighted by molar-refractivity contribution is -0.142. The molecule has 194 valence electrons. The second-order valence-corrected chi connectivity index (χ2v) is 10.00. The Morgan fingerprint density at radius 2 is 1.47 bits per heavy atom. The molecular formula is C28H19Cl4NO5. The van der Waals surface area contributed by atoms with Crippen LogP contribution in [-0.2, 0) is 11.2 Å². The molecule has 4 rings (SSSR count). The van der Waals surface area contributed by atoms with Gasteiger partial charge in [0.1, 0.15) is 11.8 Å². The summed E-state index contributed by atoms with van der Waals surface area (Å²) in [6.45, 7) is -0.580. The van der Waals surface area contributed by atoms with Crippen molar-refractivity contribution in [3.8, 4) is 11.3 Å². The number of carbonyl (C=O) groups is 3. The molecule has 1 heterocycles. The molecule has 1 atom stereocenters. The van der Waals surface area contributed by atoms with Crippen LogP contribution in [0.15, 0.2) is 83.3 Å². The first-order chi connectivity index (χ1) is 18.1. The van der Waals surface area contributed by atoms with Crippen LogP contribution in [0, 0.1) is 0 Å². The summed E-state index contributed by atoms with van der Waals surface area (Å²) in [5, 5.41) is 11.2. The molecule has 0 aliphatic heterocycles. The SMILES string of the molecule is O=C(CN(C(=O)c1ccc(Cl)cc1Cl)[C@@H](Cc1ccccc1)C(=O)O)c1ccc(-c2ccc(Cl)cc2Cl)o1. The van der Waals surface area contributed by atoms with Crippen molar-refractivity contribution in [2.75, 3.05) is 6.54 Å². The van der Waals surface area contributed by atoms with Crippen molar-refractivity contribution in [2.24, 2.45) is 0 Å². The number of ketones is 1. The van der Waals surface area contributed by atoms with Gasteiger partial charge in [-0.25, -0.2) is 4.79 Å². The lowest BCUT2D eigenvalue weighted by Crippen LogP contribution is -2.48. The lowest BCUT2D eigenvalue weighted by Gasteiger charge is -2.29. The van der Waals surface area contributed by atoms with Crippen LogP contribution in [0.4, 0.5) is 0 Å². The molecule has 3 aromatic carbocycles. The molecule has 1 amide bonds. The summed E-state index contributed by atoms with van der Waals surface area (Å²) in [5.74, 6) is -2.40. The minimum absolute atomic E-state index is 0.0104. The monoisotopic (exact) mass is 589 g/mol. The highest BCUT2D eigenvalue weighted by molar-refractivity contribution is 6.37. The third kappa shape index (κ3) is 6.40. The third-order valence-corrected chi connectivity index (χ3v) is 6.84. The van der Waals surface area contributed by atoms with Gasteiger partial charge in [0.05, 0.1) is 22.2 Å². The second kappa shape index (κ2) is 12.0. The van der Waals surface area contributed by atoms with Crippen LogP contribution in [0.25, 0.3) is 11.3 Å². The normalized spacial score (nSPS) is 11.7. The Kier molecular flexibility index (Phi) is 8.80. The number of benzene rings is 3. The molecule has 1 aromatic heterocycles. The van der Waals surface area contributed by atoms with E-state index >= 15 is 0 Å². The zero-order chi connectivity index (χ0) is 27.4. The fraction of sp³-hybridized carbons (Fsp3) is 0.107. The topological polar surface area (TPSA) is 87.8 Å². The number of carboxylic acids is 1. The molecule has 1 N–H and O–H groups in total. The van der Waals surface area contributed by atoms with E-state index in [2.05, 4.69) is 0 Å². The maximum atomic E-state index is 13.6. The highest BCUT2D eigenvalue weighted by Gasteiger charge is 2.34. The van der Waals surface area contributed by atoms with Gasteiger partial charge >= 0.3 is 5.97 Å². The van der Waals surface area contributed by atoms with Gasteiger partial charge in [-0.2, -0.15) is 0 Å².